The molecule has 0 saturated carbocycles. The quantitative estimate of drug-likeness (QED) is 0.832. The average Bonchev–Trinajstić information content (AvgIpc) is 2.73. The van der Waals surface area contributed by atoms with E-state index < -0.39 is 5.60 Å². The van der Waals surface area contributed by atoms with Gasteiger partial charge >= 0.3 is 6.01 Å². The minimum Gasteiger partial charge on any atom is -0.407 e. The molecule has 2 rings (SSSR count). The van der Waals surface area contributed by atoms with Crippen molar-refractivity contribution in [2.75, 3.05) is 18.0 Å². The molecule has 0 aliphatic carbocycles. The first kappa shape index (κ1) is 13.3. The Bertz CT molecular complexity index is 389. The van der Waals surface area contributed by atoms with E-state index in [1.807, 2.05) is 11.8 Å². The lowest BCUT2D eigenvalue weighted by molar-refractivity contribution is 0.0434. The molecule has 1 atom stereocenters. The molecule has 0 bridgehead atoms. The summed E-state index contributed by atoms with van der Waals surface area (Å²) in [5.41, 5.74) is -0.664. The second-order valence-corrected chi connectivity index (χ2v) is 5.54. The third-order valence-electron chi connectivity index (χ3n) is 3.06. The van der Waals surface area contributed by atoms with E-state index in [2.05, 4.69) is 29.4 Å². The Kier molecular flexibility index (Phi) is 3.87. The van der Waals surface area contributed by atoms with Crippen molar-refractivity contribution in [1.82, 2.24) is 15.5 Å². The van der Waals surface area contributed by atoms with Crippen LogP contribution in [0.25, 0.3) is 0 Å². The van der Waals surface area contributed by atoms with Gasteiger partial charge in [-0.25, -0.2) is 0 Å². The molecule has 1 saturated heterocycles. The van der Waals surface area contributed by atoms with Gasteiger partial charge in [-0.2, -0.15) is 0 Å². The largest absolute Gasteiger partial charge is 0.407 e. The van der Waals surface area contributed by atoms with Gasteiger partial charge in [-0.3, -0.25) is 0 Å². The number of nitrogens with one attached hydrogen (secondary N) is 1. The van der Waals surface area contributed by atoms with E-state index >= 15 is 0 Å². The Morgan fingerprint density at radius 2 is 2.28 bits per heavy atom. The van der Waals surface area contributed by atoms with Crippen LogP contribution < -0.4 is 10.2 Å². The van der Waals surface area contributed by atoms with Crippen molar-refractivity contribution in [3.8, 4) is 0 Å². The summed E-state index contributed by atoms with van der Waals surface area (Å²) in [6.45, 7) is 7.96. The molecule has 102 valence electrons. The summed E-state index contributed by atoms with van der Waals surface area (Å²) < 4.78 is 5.60. The van der Waals surface area contributed by atoms with Gasteiger partial charge in [-0.15, -0.1) is 5.10 Å². The Balaban J connectivity index is 1.97. The lowest BCUT2D eigenvalue weighted by Crippen LogP contribution is -2.46. The molecule has 18 heavy (non-hydrogen) atoms. The molecule has 6 heteroatoms. The summed E-state index contributed by atoms with van der Waals surface area (Å²) in [4.78, 5) is 1.95. The number of β-amino-alcohol motifs (C(OH)–C–C–N with tert-alkyl or cyclic N) is 1. The van der Waals surface area contributed by atoms with Gasteiger partial charge < -0.3 is 19.7 Å². The van der Waals surface area contributed by atoms with Gasteiger partial charge in [0, 0.05) is 12.6 Å². The van der Waals surface area contributed by atoms with Crippen molar-refractivity contribution >= 4 is 6.01 Å². The SMILES string of the molecule is CC(C)NCc1nnc(N2CCCC(C)(O)C2)o1. The maximum Gasteiger partial charge on any atom is 0.318 e. The highest BCUT2D eigenvalue weighted by atomic mass is 16.4. The molecule has 0 aromatic carbocycles. The van der Waals surface area contributed by atoms with Gasteiger partial charge in [0.25, 0.3) is 0 Å². The maximum absolute atomic E-state index is 10.0. The summed E-state index contributed by atoms with van der Waals surface area (Å²) in [5, 5.41) is 21.3. The summed E-state index contributed by atoms with van der Waals surface area (Å²) in [6.07, 6.45) is 1.76. The molecule has 1 aliphatic heterocycles. The number of piperidine rings is 1. The molecule has 1 aliphatic rings. The molecule has 0 radical (unpaired) electrons. The van der Waals surface area contributed by atoms with Crippen molar-refractivity contribution in [3.05, 3.63) is 5.89 Å². The van der Waals surface area contributed by atoms with E-state index in [1.165, 1.54) is 0 Å². The lowest BCUT2D eigenvalue weighted by atomic mass is 9.96. The second kappa shape index (κ2) is 5.24. The highest BCUT2D eigenvalue weighted by molar-refractivity contribution is 5.26. The Morgan fingerprint density at radius 1 is 1.50 bits per heavy atom. The van der Waals surface area contributed by atoms with Crippen LogP contribution in [0.4, 0.5) is 6.01 Å². The minimum atomic E-state index is -0.664. The molecule has 1 unspecified atom stereocenters. The van der Waals surface area contributed by atoms with Crippen LogP contribution in [-0.2, 0) is 6.54 Å². The standard InChI is InChI=1S/C12H22N4O2/c1-9(2)13-7-10-14-15-11(18-10)16-6-4-5-12(3,17)8-16/h9,13,17H,4-8H2,1-3H3. The van der Waals surface area contributed by atoms with Gasteiger partial charge in [-0.05, 0) is 19.8 Å². The van der Waals surface area contributed by atoms with Crippen molar-refractivity contribution < 1.29 is 9.52 Å². The van der Waals surface area contributed by atoms with Crippen LogP contribution in [0.2, 0.25) is 0 Å². The van der Waals surface area contributed by atoms with Crippen molar-refractivity contribution in [1.29, 1.82) is 0 Å². The van der Waals surface area contributed by atoms with Crippen molar-refractivity contribution in [2.45, 2.75) is 51.8 Å². The zero-order valence-electron chi connectivity index (χ0n) is 11.3. The number of rotatable bonds is 4. The highest BCUT2D eigenvalue weighted by Gasteiger charge is 2.30. The Morgan fingerprint density at radius 3 is 2.94 bits per heavy atom. The molecule has 6 nitrogen and oxygen atoms in total. The van der Waals surface area contributed by atoms with E-state index in [0.717, 1.165) is 19.4 Å². The first-order chi connectivity index (χ1) is 8.46. The summed E-state index contributed by atoms with van der Waals surface area (Å²) >= 11 is 0. The molecule has 0 spiro atoms. The second-order valence-electron chi connectivity index (χ2n) is 5.54. The smallest absolute Gasteiger partial charge is 0.318 e. The molecule has 0 amide bonds. The zero-order valence-corrected chi connectivity index (χ0v) is 11.3. The van der Waals surface area contributed by atoms with Crippen LogP contribution in [0.3, 0.4) is 0 Å². The predicted octanol–water partition coefficient (Wildman–Crippen LogP) is 0.919. The average molecular weight is 254 g/mol. The maximum atomic E-state index is 10.0. The van der Waals surface area contributed by atoms with Crippen LogP contribution in [0.5, 0.6) is 0 Å². The molecule has 1 aromatic heterocycles. The van der Waals surface area contributed by atoms with E-state index in [4.69, 9.17) is 4.42 Å². The van der Waals surface area contributed by atoms with Gasteiger partial charge in [0.2, 0.25) is 5.89 Å². The van der Waals surface area contributed by atoms with E-state index in [-0.39, 0.29) is 0 Å². The molecular weight excluding hydrogens is 232 g/mol. The summed E-state index contributed by atoms with van der Waals surface area (Å²) in [5.74, 6) is 0.587. The molecule has 1 aromatic rings. The Hall–Kier alpha value is -1.14. The third-order valence-corrected chi connectivity index (χ3v) is 3.06. The van der Waals surface area contributed by atoms with Gasteiger partial charge in [0.05, 0.1) is 18.7 Å². The van der Waals surface area contributed by atoms with E-state index in [1.54, 1.807) is 0 Å². The number of nitrogens with zero attached hydrogens (tertiary/aromatic N) is 3. The summed E-state index contributed by atoms with van der Waals surface area (Å²) in [7, 11) is 0. The zero-order chi connectivity index (χ0) is 13.2. The van der Waals surface area contributed by atoms with E-state index in [0.29, 0.717) is 31.0 Å². The number of hydrogen-bond donors (Lipinski definition) is 2. The lowest BCUT2D eigenvalue weighted by Gasteiger charge is -2.35. The monoisotopic (exact) mass is 254 g/mol. The fraction of sp³-hybridized carbons (Fsp3) is 0.833. The molecule has 2 heterocycles. The fourth-order valence-electron chi connectivity index (χ4n) is 2.12. The van der Waals surface area contributed by atoms with Crippen LogP contribution in [0, 0.1) is 0 Å². The van der Waals surface area contributed by atoms with Crippen LogP contribution in [0.1, 0.15) is 39.5 Å². The van der Waals surface area contributed by atoms with Crippen molar-refractivity contribution in [2.24, 2.45) is 0 Å². The predicted molar refractivity (Wildman–Crippen MR) is 68.3 cm³/mol. The Labute approximate surface area is 107 Å². The number of hydrogen-bond acceptors (Lipinski definition) is 6. The number of aromatic nitrogens is 2. The minimum absolute atomic E-state index is 0.385. The van der Waals surface area contributed by atoms with E-state index in [9.17, 15) is 5.11 Å². The molecule has 2 N–H and O–H groups in total. The van der Waals surface area contributed by atoms with Gasteiger partial charge in [0.1, 0.15) is 0 Å². The van der Waals surface area contributed by atoms with Crippen LogP contribution in [0.15, 0.2) is 4.42 Å². The van der Waals surface area contributed by atoms with Crippen LogP contribution in [-0.4, -0.2) is 40.0 Å². The first-order valence-corrected chi connectivity index (χ1v) is 6.49. The third kappa shape index (κ3) is 3.43. The molecular formula is C12H22N4O2. The fourth-order valence-corrected chi connectivity index (χ4v) is 2.12. The topological polar surface area (TPSA) is 74.4 Å². The van der Waals surface area contributed by atoms with Gasteiger partial charge in [0.15, 0.2) is 0 Å². The number of anilines is 1. The number of aliphatic hydroxyl groups is 1. The highest BCUT2D eigenvalue weighted by Crippen LogP contribution is 2.24. The van der Waals surface area contributed by atoms with Gasteiger partial charge in [-0.1, -0.05) is 18.9 Å². The first-order valence-electron chi connectivity index (χ1n) is 6.49. The van der Waals surface area contributed by atoms with Crippen molar-refractivity contribution in [3.63, 3.8) is 0 Å². The molecule has 1 fully saturated rings. The summed E-state index contributed by atoms with van der Waals surface area (Å²) in [6, 6.07) is 0.895. The normalized spacial score (nSPS) is 24.8. The van der Waals surface area contributed by atoms with Crippen LogP contribution >= 0.6 is 0 Å².